The molecule has 3 heteroatoms. The van der Waals surface area contributed by atoms with E-state index in [0.29, 0.717) is 5.02 Å². The molecule has 2 N–H and O–H groups in total. The normalized spacial score (nSPS) is 14.9. The summed E-state index contributed by atoms with van der Waals surface area (Å²) in [7, 11) is 1.91. The molecule has 2 nitrogen and oxygen atoms in total. The number of hydrogen-bond donors (Lipinski definition) is 2. The first kappa shape index (κ1) is 11.7. The minimum absolute atomic E-state index is 0.289. The summed E-state index contributed by atoms with van der Waals surface area (Å²) in [5.41, 5.74) is 3.47. The number of fused-ring (bicyclic) bond motifs is 1. The van der Waals surface area contributed by atoms with Crippen LogP contribution in [0.4, 0.5) is 0 Å². The van der Waals surface area contributed by atoms with E-state index in [1.807, 2.05) is 7.05 Å². The Morgan fingerprint density at radius 3 is 2.88 bits per heavy atom. The Morgan fingerprint density at radius 1 is 1.38 bits per heavy atom. The zero-order chi connectivity index (χ0) is 11.5. The molecule has 0 fully saturated rings. The van der Waals surface area contributed by atoms with Crippen LogP contribution < -0.4 is 5.32 Å². The number of phenols is 1. The van der Waals surface area contributed by atoms with Crippen LogP contribution in [0.15, 0.2) is 6.07 Å². The van der Waals surface area contributed by atoms with Gasteiger partial charge in [-0.2, -0.15) is 0 Å². The second kappa shape index (κ2) is 5.07. The van der Waals surface area contributed by atoms with Crippen LogP contribution >= 0.6 is 11.6 Å². The molecule has 1 aromatic rings. The highest BCUT2D eigenvalue weighted by Gasteiger charge is 2.18. The lowest BCUT2D eigenvalue weighted by Gasteiger charge is -2.20. The Balaban J connectivity index is 2.36. The highest BCUT2D eigenvalue weighted by atomic mass is 35.5. The van der Waals surface area contributed by atoms with Crippen LogP contribution in [-0.2, 0) is 19.3 Å². The van der Waals surface area contributed by atoms with Gasteiger partial charge < -0.3 is 10.4 Å². The topological polar surface area (TPSA) is 32.3 Å². The molecule has 0 heterocycles. The molecule has 88 valence electrons. The SMILES string of the molecule is CNCCc1cc2c(c(Cl)c1O)CCCC2. The van der Waals surface area contributed by atoms with Gasteiger partial charge in [-0.3, -0.25) is 0 Å². The lowest BCUT2D eigenvalue weighted by molar-refractivity contribution is 0.465. The van der Waals surface area contributed by atoms with Crippen molar-refractivity contribution in [1.29, 1.82) is 0 Å². The van der Waals surface area contributed by atoms with Crippen molar-refractivity contribution in [3.63, 3.8) is 0 Å². The number of halogens is 1. The van der Waals surface area contributed by atoms with E-state index < -0.39 is 0 Å². The molecule has 0 saturated heterocycles. The Morgan fingerprint density at radius 2 is 2.12 bits per heavy atom. The molecule has 1 aliphatic carbocycles. The first-order valence-electron chi connectivity index (χ1n) is 5.90. The van der Waals surface area contributed by atoms with Crippen molar-refractivity contribution in [2.24, 2.45) is 0 Å². The third-order valence-corrected chi connectivity index (χ3v) is 3.69. The van der Waals surface area contributed by atoms with Gasteiger partial charge in [0.1, 0.15) is 5.75 Å². The van der Waals surface area contributed by atoms with Gasteiger partial charge in [-0.15, -0.1) is 0 Å². The van der Waals surface area contributed by atoms with Gasteiger partial charge in [0.2, 0.25) is 0 Å². The van der Waals surface area contributed by atoms with Crippen LogP contribution in [0.25, 0.3) is 0 Å². The van der Waals surface area contributed by atoms with E-state index in [1.165, 1.54) is 24.0 Å². The van der Waals surface area contributed by atoms with Crippen molar-refractivity contribution < 1.29 is 5.11 Å². The van der Waals surface area contributed by atoms with Crippen LogP contribution in [0.5, 0.6) is 5.75 Å². The third-order valence-electron chi connectivity index (χ3n) is 3.28. The molecular formula is C13H18ClNO. The Kier molecular flexibility index (Phi) is 3.72. The van der Waals surface area contributed by atoms with Gasteiger partial charge in [-0.05, 0) is 62.4 Å². The highest BCUT2D eigenvalue weighted by molar-refractivity contribution is 6.33. The summed E-state index contributed by atoms with van der Waals surface area (Å²) in [5, 5.41) is 13.7. The average Bonchev–Trinajstić information content (AvgIpc) is 2.32. The van der Waals surface area contributed by atoms with Gasteiger partial charge in [0, 0.05) is 0 Å². The monoisotopic (exact) mass is 239 g/mol. The van der Waals surface area contributed by atoms with Crippen molar-refractivity contribution in [2.45, 2.75) is 32.1 Å². The Hall–Kier alpha value is -0.730. The molecular weight excluding hydrogens is 222 g/mol. The predicted molar refractivity (Wildman–Crippen MR) is 67.4 cm³/mol. The molecule has 0 aromatic heterocycles. The van der Waals surface area contributed by atoms with E-state index in [-0.39, 0.29) is 5.75 Å². The zero-order valence-corrected chi connectivity index (χ0v) is 10.4. The Labute approximate surface area is 102 Å². The third kappa shape index (κ3) is 2.18. The van der Waals surface area contributed by atoms with Crippen molar-refractivity contribution in [3.05, 3.63) is 27.8 Å². The van der Waals surface area contributed by atoms with E-state index in [4.69, 9.17) is 11.6 Å². The summed E-state index contributed by atoms with van der Waals surface area (Å²) in [4.78, 5) is 0. The molecule has 0 amide bonds. The molecule has 0 spiro atoms. The van der Waals surface area contributed by atoms with Gasteiger partial charge >= 0.3 is 0 Å². The molecule has 2 rings (SSSR count). The molecule has 1 aromatic carbocycles. The van der Waals surface area contributed by atoms with Crippen LogP contribution in [0.1, 0.15) is 29.5 Å². The number of phenolic OH excluding ortho intramolecular Hbond substituents is 1. The molecule has 0 unspecified atom stereocenters. The largest absolute Gasteiger partial charge is 0.506 e. The number of aryl methyl sites for hydroxylation is 1. The molecule has 0 radical (unpaired) electrons. The number of likely N-dealkylation sites (N-methyl/N-ethyl adjacent to an activating group) is 1. The lowest BCUT2D eigenvalue weighted by Crippen LogP contribution is -2.12. The summed E-state index contributed by atoms with van der Waals surface area (Å²) >= 11 is 6.22. The lowest BCUT2D eigenvalue weighted by atomic mass is 9.89. The van der Waals surface area contributed by atoms with Crippen molar-refractivity contribution in [3.8, 4) is 5.75 Å². The summed E-state index contributed by atoms with van der Waals surface area (Å²) < 4.78 is 0. The highest BCUT2D eigenvalue weighted by Crippen LogP contribution is 2.37. The van der Waals surface area contributed by atoms with E-state index >= 15 is 0 Å². The van der Waals surface area contributed by atoms with E-state index in [0.717, 1.165) is 31.4 Å². The Bertz CT molecular complexity index is 390. The minimum Gasteiger partial charge on any atom is -0.506 e. The van der Waals surface area contributed by atoms with Gasteiger partial charge in [0.25, 0.3) is 0 Å². The molecule has 0 atom stereocenters. The number of benzene rings is 1. The van der Waals surface area contributed by atoms with E-state index in [9.17, 15) is 5.11 Å². The fourth-order valence-electron chi connectivity index (χ4n) is 2.35. The predicted octanol–water partition coefficient (Wildman–Crippen LogP) is 2.69. The molecule has 1 aliphatic rings. The van der Waals surface area contributed by atoms with Crippen molar-refractivity contribution in [1.82, 2.24) is 5.32 Å². The minimum atomic E-state index is 0.289. The first-order chi connectivity index (χ1) is 7.74. The van der Waals surface area contributed by atoms with E-state index in [2.05, 4.69) is 11.4 Å². The maximum absolute atomic E-state index is 10.0. The van der Waals surface area contributed by atoms with Gasteiger partial charge in [-0.25, -0.2) is 0 Å². The summed E-state index contributed by atoms with van der Waals surface area (Å²) in [6, 6.07) is 2.13. The second-order valence-corrected chi connectivity index (χ2v) is 4.77. The van der Waals surface area contributed by atoms with Crippen LogP contribution in [-0.4, -0.2) is 18.7 Å². The molecule has 0 aliphatic heterocycles. The molecule has 0 saturated carbocycles. The first-order valence-corrected chi connectivity index (χ1v) is 6.28. The summed E-state index contributed by atoms with van der Waals surface area (Å²) in [6.45, 7) is 0.864. The number of hydrogen-bond acceptors (Lipinski definition) is 2. The van der Waals surface area contributed by atoms with Gasteiger partial charge in [0.15, 0.2) is 0 Å². The quantitative estimate of drug-likeness (QED) is 0.850. The van der Waals surface area contributed by atoms with Crippen molar-refractivity contribution in [2.75, 3.05) is 13.6 Å². The fraction of sp³-hybridized carbons (Fsp3) is 0.538. The standard InChI is InChI=1S/C13H18ClNO/c1-15-7-6-10-8-9-4-2-3-5-11(9)12(14)13(10)16/h8,15-16H,2-7H2,1H3. The van der Waals surface area contributed by atoms with E-state index in [1.54, 1.807) is 0 Å². The van der Waals surface area contributed by atoms with Crippen molar-refractivity contribution >= 4 is 11.6 Å². The number of rotatable bonds is 3. The van der Waals surface area contributed by atoms with Crippen LogP contribution in [0.2, 0.25) is 5.02 Å². The summed E-state index contributed by atoms with van der Waals surface area (Å²) in [5.74, 6) is 0.289. The van der Waals surface area contributed by atoms with Gasteiger partial charge in [0.05, 0.1) is 5.02 Å². The van der Waals surface area contributed by atoms with Gasteiger partial charge in [-0.1, -0.05) is 17.7 Å². The average molecular weight is 240 g/mol. The maximum atomic E-state index is 10.0. The van der Waals surface area contributed by atoms with Crippen LogP contribution in [0.3, 0.4) is 0 Å². The molecule has 16 heavy (non-hydrogen) atoms. The maximum Gasteiger partial charge on any atom is 0.137 e. The smallest absolute Gasteiger partial charge is 0.137 e. The zero-order valence-electron chi connectivity index (χ0n) is 9.65. The molecule has 0 bridgehead atoms. The number of aromatic hydroxyl groups is 1. The summed E-state index contributed by atoms with van der Waals surface area (Å²) in [6.07, 6.45) is 5.35. The second-order valence-electron chi connectivity index (χ2n) is 4.40. The van der Waals surface area contributed by atoms with Crippen LogP contribution in [0, 0.1) is 0 Å². The fourth-order valence-corrected chi connectivity index (χ4v) is 2.69. The number of nitrogens with one attached hydrogen (secondary N) is 1.